The van der Waals surface area contributed by atoms with E-state index in [0.29, 0.717) is 17.5 Å². The van der Waals surface area contributed by atoms with Crippen molar-refractivity contribution in [2.45, 2.75) is 26.1 Å². The highest BCUT2D eigenvalue weighted by Gasteiger charge is 2.33. The highest BCUT2D eigenvalue weighted by Crippen LogP contribution is 2.30. The van der Waals surface area contributed by atoms with E-state index in [2.05, 4.69) is 43.1 Å². The van der Waals surface area contributed by atoms with Crippen LogP contribution in [0.4, 0.5) is 13.2 Å². The molecule has 0 fully saturated rings. The van der Waals surface area contributed by atoms with Gasteiger partial charge in [-0.2, -0.15) is 13.2 Å². The molecule has 0 bridgehead atoms. The van der Waals surface area contributed by atoms with Gasteiger partial charge in [-0.25, -0.2) is 9.97 Å². The first kappa shape index (κ1) is 20.7. The van der Waals surface area contributed by atoms with E-state index in [4.69, 9.17) is 0 Å². The van der Waals surface area contributed by atoms with E-state index in [0.717, 1.165) is 38.7 Å². The third kappa shape index (κ3) is 5.52. The number of nitrogens with zero attached hydrogens (tertiary/aromatic N) is 3. The van der Waals surface area contributed by atoms with Crippen molar-refractivity contribution in [1.82, 2.24) is 20.6 Å². The molecule has 2 N–H and O–H groups in total. The third-order valence-electron chi connectivity index (χ3n) is 3.67. The number of aromatic nitrogens is 2. The lowest BCUT2D eigenvalue weighted by Gasteiger charge is -2.10. The Bertz CT molecular complexity index is 942. The highest BCUT2D eigenvalue weighted by atomic mass is 32.1. The minimum absolute atomic E-state index is 0.187. The number of alkyl halides is 3. The van der Waals surface area contributed by atoms with Crippen molar-refractivity contribution in [1.29, 1.82) is 0 Å². The van der Waals surface area contributed by atoms with Crippen LogP contribution in [0.1, 0.15) is 20.6 Å². The second kappa shape index (κ2) is 9.01. The molecule has 3 rings (SSSR count). The first-order valence-electron chi connectivity index (χ1n) is 8.32. The largest absolute Gasteiger partial charge is 0.434 e. The van der Waals surface area contributed by atoms with Crippen LogP contribution >= 0.6 is 34.0 Å². The van der Waals surface area contributed by atoms with Gasteiger partial charge >= 0.3 is 6.18 Å². The Morgan fingerprint density at radius 2 is 1.96 bits per heavy atom. The quantitative estimate of drug-likeness (QED) is 0.431. The van der Waals surface area contributed by atoms with Crippen LogP contribution in [0.15, 0.2) is 27.9 Å². The van der Waals surface area contributed by atoms with Gasteiger partial charge in [0.1, 0.15) is 5.01 Å². The summed E-state index contributed by atoms with van der Waals surface area (Å²) in [6, 6.07) is 4.16. The number of guanidine groups is 1. The lowest BCUT2D eigenvalue weighted by Crippen LogP contribution is -2.37. The van der Waals surface area contributed by atoms with Gasteiger partial charge in [-0.15, -0.1) is 34.0 Å². The van der Waals surface area contributed by atoms with Crippen molar-refractivity contribution >= 4 is 40.0 Å². The first-order valence-corrected chi connectivity index (χ1v) is 10.9. The Morgan fingerprint density at radius 3 is 2.61 bits per heavy atom. The summed E-state index contributed by atoms with van der Waals surface area (Å²) in [7, 11) is 1.62. The van der Waals surface area contributed by atoms with Crippen molar-refractivity contribution in [3.63, 3.8) is 0 Å². The van der Waals surface area contributed by atoms with Crippen LogP contribution in [0.5, 0.6) is 0 Å². The zero-order valence-electron chi connectivity index (χ0n) is 15.1. The summed E-state index contributed by atoms with van der Waals surface area (Å²) >= 11 is 4.31. The van der Waals surface area contributed by atoms with E-state index in [1.54, 1.807) is 29.7 Å². The molecule has 28 heavy (non-hydrogen) atoms. The fraction of sp³-hybridized carbons (Fsp3) is 0.353. The summed E-state index contributed by atoms with van der Waals surface area (Å²) < 4.78 is 37.8. The van der Waals surface area contributed by atoms with Gasteiger partial charge in [0.15, 0.2) is 11.7 Å². The second-order valence-electron chi connectivity index (χ2n) is 5.74. The number of thiophene rings is 1. The minimum Gasteiger partial charge on any atom is -0.356 e. The molecule has 0 amide bonds. The van der Waals surface area contributed by atoms with E-state index < -0.39 is 11.9 Å². The van der Waals surface area contributed by atoms with E-state index in [1.165, 1.54) is 4.88 Å². The number of hydrogen-bond donors (Lipinski definition) is 2. The van der Waals surface area contributed by atoms with E-state index in [9.17, 15) is 13.2 Å². The fourth-order valence-corrected chi connectivity index (χ4v) is 4.73. The van der Waals surface area contributed by atoms with Crippen LogP contribution < -0.4 is 10.6 Å². The average Bonchev–Trinajstić information content (AvgIpc) is 3.37. The van der Waals surface area contributed by atoms with Crippen LogP contribution in [0.3, 0.4) is 0 Å². The molecule has 5 nitrogen and oxygen atoms in total. The molecule has 0 aromatic carbocycles. The Balaban J connectivity index is 1.46. The van der Waals surface area contributed by atoms with E-state index in [1.807, 2.05) is 6.92 Å². The molecule has 0 radical (unpaired) electrons. The van der Waals surface area contributed by atoms with Gasteiger partial charge in [-0.3, -0.25) is 4.99 Å². The van der Waals surface area contributed by atoms with Crippen molar-refractivity contribution < 1.29 is 13.2 Å². The monoisotopic (exact) mass is 445 g/mol. The summed E-state index contributed by atoms with van der Waals surface area (Å²) in [5.41, 5.74) is 0.145. The number of thiazole rings is 2. The van der Waals surface area contributed by atoms with Crippen molar-refractivity contribution in [3.8, 4) is 10.6 Å². The van der Waals surface area contributed by atoms with Gasteiger partial charge in [0, 0.05) is 29.2 Å². The molecule has 3 aromatic rings. The molecule has 150 valence electrons. The molecule has 0 aliphatic carbocycles. The Kier molecular flexibility index (Phi) is 6.68. The molecule has 0 aliphatic heterocycles. The molecule has 0 unspecified atom stereocenters. The van der Waals surface area contributed by atoms with Gasteiger partial charge in [-0.1, -0.05) is 0 Å². The van der Waals surface area contributed by atoms with Crippen LogP contribution in [0.25, 0.3) is 10.6 Å². The number of hydrogen-bond acceptors (Lipinski definition) is 6. The first-order chi connectivity index (χ1) is 13.3. The Morgan fingerprint density at radius 1 is 1.14 bits per heavy atom. The van der Waals surface area contributed by atoms with E-state index in [-0.39, 0.29) is 6.54 Å². The van der Waals surface area contributed by atoms with Crippen LogP contribution in [0, 0.1) is 6.92 Å². The third-order valence-corrected chi connectivity index (χ3v) is 6.46. The molecule has 11 heteroatoms. The maximum Gasteiger partial charge on any atom is 0.434 e. The summed E-state index contributed by atoms with van der Waals surface area (Å²) in [5.74, 6) is 0.524. The van der Waals surface area contributed by atoms with E-state index >= 15 is 0 Å². The van der Waals surface area contributed by atoms with Crippen molar-refractivity contribution in [2.75, 3.05) is 13.6 Å². The number of rotatable bonds is 6. The van der Waals surface area contributed by atoms with Gasteiger partial charge in [0.2, 0.25) is 0 Å². The number of aryl methyl sites for hydroxylation is 1. The average molecular weight is 446 g/mol. The summed E-state index contributed by atoms with van der Waals surface area (Å²) in [5, 5.41) is 10.6. The lowest BCUT2D eigenvalue weighted by molar-refractivity contribution is -0.140. The van der Waals surface area contributed by atoms with Gasteiger partial charge in [0.05, 0.1) is 22.1 Å². The van der Waals surface area contributed by atoms with Gasteiger partial charge in [-0.05, 0) is 25.5 Å². The van der Waals surface area contributed by atoms with Crippen LogP contribution in [-0.2, 0) is 19.1 Å². The number of aliphatic imine (C=N–C) groups is 1. The molecule has 3 heterocycles. The van der Waals surface area contributed by atoms with Gasteiger partial charge < -0.3 is 10.6 Å². The van der Waals surface area contributed by atoms with Crippen LogP contribution in [0.2, 0.25) is 0 Å². The van der Waals surface area contributed by atoms with Crippen molar-refractivity contribution in [2.24, 2.45) is 4.99 Å². The second-order valence-corrected chi connectivity index (χ2v) is 8.92. The summed E-state index contributed by atoms with van der Waals surface area (Å²) in [6.45, 7) is 2.83. The highest BCUT2D eigenvalue weighted by molar-refractivity contribution is 7.16. The van der Waals surface area contributed by atoms with Gasteiger partial charge in [0.25, 0.3) is 0 Å². The molecular weight excluding hydrogens is 427 g/mol. The lowest BCUT2D eigenvalue weighted by atomic mass is 10.3. The van der Waals surface area contributed by atoms with Crippen molar-refractivity contribution in [3.05, 3.63) is 43.5 Å². The smallest absolute Gasteiger partial charge is 0.356 e. The summed E-state index contributed by atoms with van der Waals surface area (Å²) in [4.78, 5) is 14.5. The number of nitrogens with one attached hydrogen (secondary N) is 2. The maximum atomic E-state index is 12.6. The molecule has 0 saturated heterocycles. The molecule has 0 saturated carbocycles. The topological polar surface area (TPSA) is 62.2 Å². The Hall–Kier alpha value is -1.98. The molecule has 0 aliphatic rings. The predicted molar refractivity (Wildman–Crippen MR) is 109 cm³/mol. The zero-order chi connectivity index (χ0) is 20.1. The molecule has 0 spiro atoms. The maximum absolute atomic E-state index is 12.6. The zero-order valence-corrected chi connectivity index (χ0v) is 17.6. The SMILES string of the molecule is CN=C(NCCc1ccc(-c2csc(C)n2)s1)NCc1nc(C(F)(F)F)cs1. The molecule has 3 aromatic heterocycles. The summed E-state index contributed by atoms with van der Waals surface area (Å²) in [6.07, 6.45) is -3.60. The predicted octanol–water partition coefficient (Wildman–Crippen LogP) is 4.56. The molecular formula is C17H18F3N5S3. The van der Waals surface area contributed by atoms with Crippen LogP contribution in [-0.4, -0.2) is 29.5 Å². The normalized spacial score (nSPS) is 12.4. The minimum atomic E-state index is -4.41. The number of halogens is 3. The fourth-order valence-electron chi connectivity index (χ4n) is 2.33. The Labute approximate surface area is 172 Å². The molecule has 0 atom stereocenters. The standard InChI is InChI=1S/C17H18F3N5S3/c1-10-24-12(8-26-10)13-4-3-11(28-13)5-6-22-16(21-2)23-7-15-25-14(9-27-15)17(18,19)20/h3-4,8-9H,5-7H2,1-2H3,(H2,21,22,23).